The number of alkyl carbamates (subject to hydrolysis) is 1. The Morgan fingerprint density at radius 2 is 1.89 bits per heavy atom. The highest BCUT2D eigenvalue weighted by atomic mass is 28.3. The van der Waals surface area contributed by atoms with Gasteiger partial charge in [-0.2, -0.15) is 0 Å². The van der Waals surface area contributed by atoms with E-state index in [1.165, 1.54) is 0 Å². The Kier molecular flexibility index (Phi) is 5.85. The maximum atomic E-state index is 11.6. The van der Waals surface area contributed by atoms with Gasteiger partial charge in [-0.1, -0.05) is 19.6 Å². The van der Waals surface area contributed by atoms with Gasteiger partial charge < -0.3 is 10.1 Å². The van der Waals surface area contributed by atoms with Crippen molar-refractivity contribution in [1.29, 1.82) is 0 Å². The molecule has 1 rings (SSSR count). The molecule has 1 saturated carbocycles. The maximum absolute atomic E-state index is 11.6. The fourth-order valence-corrected chi connectivity index (χ4v) is 2.73. The van der Waals surface area contributed by atoms with Gasteiger partial charge in [0.15, 0.2) is 0 Å². The number of rotatable bonds is 5. The van der Waals surface area contributed by atoms with Crippen LogP contribution in [0, 0.1) is 5.92 Å². The van der Waals surface area contributed by atoms with Gasteiger partial charge in [0.2, 0.25) is 6.29 Å². The first kappa shape index (κ1) is 15.2. The molecule has 0 atom stereocenters. The van der Waals surface area contributed by atoms with Gasteiger partial charge in [0.1, 0.15) is 0 Å². The van der Waals surface area contributed by atoms with Crippen molar-refractivity contribution in [3.63, 3.8) is 0 Å². The third kappa shape index (κ3) is 6.19. The summed E-state index contributed by atoms with van der Waals surface area (Å²) in [5.74, 6) is 0.0611. The molecule has 1 aliphatic carbocycles. The lowest BCUT2D eigenvalue weighted by Gasteiger charge is -2.25. The van der Waals surface area contributed by atoms with Crippen LogP contribution in [0.3, 0.4) is 0 Å². The maximum Gasteiger partial charge on any atom is 0.407 e. The van der Waals surface area contributed by atoms with Crippen LogP contribution in [0.25, 0.3) is 0 Å². The molecule has 0 unspecified atom stereocenters. The van der Waals surface area contributed by atoms with Crippen molar-refractivity contribution >= 4 is 20.5 Å². The summed E-state index contributed by atoms with van der Waals surface area (Å²) in [7, 11) is -1.14. The minimum Gasteiger partial charge on any atom is -0.450 e. The lowest BCUT2D eigenvalue weighted by Crippen LogP contribution is -2.38. The molecule has 4 nitrogen and oxygen atoms in total. The largest absolute Gasteiger partial charge is 0.450 e. The average molecular weight is 270 g/mol. The lowest BCUT2D eigenvalue weighted by atomic mass is 9.87. The van der Waals surface area contributed by atoms with Crippen molar-refractivity contribution in [3.8, 4) is 0 Å². The number of hydrogen-bond acceptors (Lipinski definition) is 3. The van der Waals surface area contributed by atoms with Crippen LogP contribution in [0.15, 0.2) is 0 Å². The van der Waals surface area contributed by atoms with E-state index in [0.717, 1.165) is 31.7 Å². The van der Waals surface area contributed by atoms with Gasteiger partial charge in [-0.05, 0) is 31.7 Å². The predicted octanol–water partition coefficient (Wildman–Crippen LogP) is 2.72. The molecule has 0 saturated heterocycles. The van der Waals surface area contributed by atoms with Gasteiger partial charge in [0.25, 0.3) is 0 Å². The third-order valence-corrected chi connectivity index (χ3v) is 5.01. The first-order valence-electron chi connectivity index (χ1n) is 6.71. The van der Waals surface area contributed by atoms with Crippen LogP contribution in [-0.4, -0.2) is 33.1 Å². The number of ether oxygens (including phenoxy) is 1. The second-order valence-electron chi connectivity index (χ2n) is 6.26. The van der Waals surface area contributed by atoms with Crippen molar-refractivity contribution in [3.05, 3.63) is 0 Å². The molecule has 103 valence electrons. The van der Waals surface area contributed by atoms with Gasteiger partial charge in [0.05, 0.1) is 6.61 Å². The average Bonchev–Trinajstić information content (AvgIpc) is 2.28. The molecule has 5 heteroatoms. The van der Waals surface area contributed by atoms with Crippen LogP contribution in [0.1, 0.15) is 25.7 Å². The predicted molar refractivity (Wildman–Crippen MR) is 74.1 cm³/mol. The summed E-state index contributed by atoms with van der Waals surface area (Å²) in [6.45, 7) is 7.28. The van der Waals surface area contributed by atoms with E-state index in [1.807, 2.05) is 6.29 Å². The normalized spacial score (nSPS) is 24.4. The third-order valence-electron chi connectivity index (χ3n) is 3.30. The van der Waals surface area contributed by atoms with Crippen molar-refractivity contribution in [2.24, 2.45) is 5.92 Å². The highest BCUT2D eigenvalue weighted by molar-refractivity contribution is 6.76. The molecule has 1 aliphatic rings. The van der Waals surface area contributed by atoms with Crippen LogP contribution < -0.4 is 5.32 Å². The summed E-state index contributed by atoms with van der Waals surface area (Å²) in [4.78, 5) is 22.0. The first-order chi connectivity index (χ1) is 8.40. The molecule has 0 aromatic carbocycles. The zero-order valence-electron chi connectivity index (χ0n) is 11.6. The van der Waals surface area contributed by atoms with E-state index >= 15 is 0 Å². The molecule has 0 aromatic heterocycles. The fraction of sp³-hybridized carbons (Fsp3) is 0.846. The molecule has 1 fully saturated rings. The number of carbonyl (C=O) groups is 1. The molecule has 1 amide bonds. The Hall–Kier alpha value is -0.843. The van der Waals surface area contributed by atoms with Crippen LogP contribution in [-0.2, 0) is 9.53 Å². The Labute approximate surface area is 110 Å². The van der Waals surface area contributed by atoms with Crippen molar-refractivity contribution in [2.75, 3.05) is 6.61 Å². The summed E-state index contributed by atoms with van der Waals surface area (Å²) in [5.41, 5.74) is 0. The standard InChI is InChI=1S/C13H24NO3Si/c1-18(2,3)9-8-17-13(16)14-12-6-4-11(10-15)5-7-12/h11-12H,4-9H2,1-3H3,(H,14,16)/t11-,12-. The molecule has 0 aromatic rings. The van der Waals surface area contributed by atoms with Gasteiger partial charge in [-0.25, -0.2) is 4.79 Å². The molecule has 0 bridgehead atoms. The minimum absolute atomic E-state index is 0.0611. The van der Waals surface area contributed by atoms with Crippen LogP contribution in [0.2, 0.25) is 25.7 Å². The Bertz CT molecular complexity index is 280. The SMILES string of the molecule is C[Si](C)(C)CCOC(=O)N[C@H]1CC[C@H]([C]=O)CC1. The van der Waals surface area contributed by atoms with E-state index in [-0.39, 0.29) is 18.1 Å². The molecular weight excluding hydrogens is 246 g/mol. The molecule has 0 heterocycles. The summed E-state index contributed by atoms with van der Waals surface area (Å²) in [5, 5.41) is 2.87. The van der Waals surface area contributed by atoms with E-state index in [4.69, 9.17) is 4.74 Å². The highest BCUT2D eigenvalue weighted by Gasteiger charge is 2.23. The number of nitrogens with one attached hydrogen (secondary N) is 1. The summed E-state index contributed by atoms with van der Waals surface area (Å²) in [6.07, 6.45) is 5.07. The summed E-state index contributed by atoms with van der Waals surface area (Å²) >= 11 is 0. The number of carbonyl (C=O) groups excluding carboxylic acids is 2. The van der Waals surface area contributed by atoms with Crippen LogP contribution in [0.4, 0.5) is 4.79 Å². The van der Waals surface area contributed by atoms with Crippen LogP contribution >= 0.6 is 0 Å². The Balaban J connectivity index is 2.15. The van der Waals surface area contributed by atoms with Gasteiger partial charge in [-0.15, -0.1) is 0 Å². The highest BCUT2D eigenvalue weighted by Crippen LogP contribution is 2.22. The molecule has 0 spiro atoms. The molecule has 1 radical (unpaired) electrons. The zero-order chi connectivity index (χ0) is 13.6. The van der Waals surface area contributed by atoms with E-state index in [1.54, 1.807) is 0 Å². The first-order valence-corrected chi connectivity index (χ1v) is 10.4. The molecule has 18 heavy (non-hydrogen) atoms. The lowest BCUT2D eigenvalue weighted by molar-refractivity contribution is 0.144. The van der Waals surface area contributed by atoms with E-state index < -0.39 is 8.07 Å². The molecule has 1 N–H and O–H groups in total. The van der Waals surface area contributed by atoms with E-state index in [2.05, 4.69) is 25.0 Å². The smallest absolute Gasteiger partial charge is 0.407 e. The van der Waals surface area contributed by atoms with Gasteiger partial charge >= 0.3 is 6.09 Å². The minimum atomic E-state index is -1.14. The molecular formula is C13H24NO3Si. The quantitative estimate of drug-likeness (QED) is 0.781. The second kappa shape index (κ2) is 6.92. The number of amides is 1. The topological polar surface area (TPSA) is 55.4 Å². The van der Waals surface area contributed by atoms with Crippen molar-refractivity contribution in [1.82, 2.24) is 5.32 Å². The fourth-order valence-electron chi connectivity index (χ4n) is 2.01. The van der Waals surface area contributed by atoms with Gasteiger partial charge in [0, 0.05) is 20.0 Å². The second-order valence-corrected chi connectivity index (χ2v) is 11.9. The van der Waals surface area contributed by atoms with Gasteiger partial charge in [-0.3, -0.25) is 4.79 Å². The summed E-state index contributed by atoms with van der Waals surface area (Å²) < 4.78 is 5.18. The molecule has 0 aliphatic heterocycles. The van der Waals surface area contributed by atoms with E-state index in [9.17, 15) is 9.59 Å². The summed E-state index contributed by atoms with van der Waals surface area (Å²) in [6, 6.07) is 1.15. The van der Waals surface area contributed by atoms with Crippen LogP contribution in [0.5, 0.6) is 0 Å². The Morgan fingerprint density at radius 3 is 2.39 bits per heavy atom. The number of hydrogen-bond donors (Lipinski definition) is 1. The zero-order valence-corrected chi connectivity index (χ0v) is 12.6. The van der Waals surface area contributed by atoms with E-state index in [0.29, 0.717) is 6.61 Å². The van der Waals surface area contributed by atoms with Crippen molar-refractivity contribution < 1.29 is 14.3 Å². The van der Waals surface area contributed by atoms with Crippen molar-refractivity contribution in [2.45, 2.75) is 57.4 Å². The Morgan fingerprint density at radius 1 is 1.28 bits per heavy atom. The monoisotopic (exact) mass is 270 g/mol.